The van der Waals surface area contributed by atoms with Crippen LogP contribution in [0.15, 0.2) is 17.8 Å². The van der Waals surface area contributed by atoms with Gasteiger partial charge in [0.1, 0.15) is 22.6 Å². The fraction of sp³-hybridized carbons (Fsp3) is 0.676. The predicted molar refractivity (Wildman–Crippen MR) is 196 cm³/mol. The Kier molecular flexibility index (Phi) is 15.1. The van der Waals surface area contributed by atoms with Gasteiger partial charge in [-0.2, -0.15) is 13.2 Å². The van der Waals surface area contributed by atoms with Crippen molar-refractivity contribution in [2.45, 2.75) is 122 Å². The molecule has 3 amide bonds. The molecule has 6 atom stereocenters. The van der Waals surface area contributed by atoms with Crippen molar-refractivity contribution in [1.82, 2.24) is 35.4 Å². The summed E-state index contributed by atoms with van der Waals surface area (Å²) in [6.07, 6.45) is 0.905. The van der Waals surface area contributed by atoms with E-state index in [1.54, 1.807) is 11.9 Å². The highest BCUT2D eigenvalue weighted by Gasteiger charge is 2.40. The van der Waals surface area contributed by atoms with Crippen molar-refractivity contribution in [1.29, 1.82) is 0 Å². The van der Waals surface area contributed by atoms with Gasteiger partial charge >= 0.3 is 18.1 Å². The number of nitrogens with zero attached hydrogens (tertiary/aromatic N) is 5. The van der Waals surface area contributed by atoms with Gasteiger partial charge in [0.15, 0.2) is 6.10 Å². The van der Waals surface area contributed by atoms with Crippen molar-refractivity contribution in [3.8, 4) is 0 Å². The van der Waals surface area contributed by atoms with Gasteiger partial charge in [0.2, 0.25) is 11.8 Å². The number of hydrogen-bond acceptors (Lipinski definition) is 11. The van der Waals surface area contributed by atoms with Gasteiger partial charge in [-0.05, 0) is 57.5 Å². The number of nitrogens with one attached hydrogen (secondary N) is 2. The summed E-state index contributed by atoms with van der Waals surface area (Å²) in [5, 5.41) is 17.0. The van der Waals surface area contributed by atoms with E-state index in [4.69, 9.17) is 4.74 Å². The number of piperidine rings is 1. The molecule has 0 spiro atoms. The number of amides is 3. The van der Waals surface area contributed by atoms with Crippen molar-refractivity contribution in [2.75, 3.05) is 20.6 Å². The van der Waals surface area contributed by atoms with Crippen LogP contribution in [0, 0.1) is 17.8 Å². The highest BCUT2D eigenvalue weighted by molar-refractivity contribution is 7.09. The minimum Gasteiger partial charge on any atom is -0.481 e. The molecule has 55 heavy (non-hydrogen) atoms. The first-order valence-electron chi connectivity index (χ1n) is 18.7. The lowest BCUT2D eigenvalue weighted by Crippen LogP contribution is -2.59. The van der Waals surface area contributed by atoms with Crippen LogP contribution in [0.3, 0.4) is 0 Å². The Bertz CT molecular complexity index is 1650. The highest BCUT2D eigenvalue weighted by atomic mass is 32.1. The number of thiazole rings is 1. The maximum absolute atomic E-state index is 14.2. The molecule has 1 saturated carbocycles. The van der Waals surface area contributed by atoms with Gasteiger partial charge in [-0.1, -0.05) is 33.6 Å². The average molecular weight is 796 g/mol. The molecule has 1 unspecified atom stereocenters. The summed E-state index contributed by atoms with van der Waals surface area (Å²) in [4.78, 5) is 80.7. The Balaban J connectivity index is 1.51. The third kappa shape index (κ3) is 11.9. The lowest BCUT2D eigenvalue weighted by Gasteiger charge is -2.41. The third-order valence-electron chi connectivity index (χ3n) is 10.5. The largest absolute Gasteiger partial charge is 0.481 e. The number of aliphatic carboxylic acids is 1. The second kappa shape index (κ2) is 19.1. The molecule has 0 radical (unpaired) electrons. The summed E-state index contributed by atoms with van der Waals surface area (Å²) in [6, 6.07) is -2.33. The zero-order valence-electron chi connectivity index (χ0n) is 32.1. The molecule has 4 rings (SSSR count). The number of ether oxygens (including phenoxy) is 1. The van der Waals surface area contributed by atoms with E-state index in [2.05, 4.69) is 25.6 Å². The number of halogens is 3. The lowest BCUT2D eigenvalue weighted by molar-refractivity contribution is -0.149. The molecule has 1 saturated heterocycles. The summed E-state index contributed by atoms with van der Waals surface area (Å²) in [5.74, 6) is -3.84. The number of esters is 1. The highest BCUT2D eigenvalue weighted by Crippen LogP contribution is 2.34. The minimum absolute atomic E-state index is 0.0121. The molecule has 2 aliphatic rings. The normalized spacial score (nSPS) is 19.3. The van der Waals surface area contributed by atoms with E-state index < -0.39 is 59.7 Å². The van der Waals surface area contributed by atoms with E-state index in [0.717, 1.165) is 56.4 Å². The number of carbonyl (C=O) groups is 5. The summed E-state index contributed by atoms with van der Waals surface area (Å²) in [7, 11) is 3.60. The lowest BCUT2D eigenvalue weighted by atomic mass is 9.78. The summed E-state index contributed by atoms with van der Waals surface area (Å²) < 4.78 is 44.8. The molecule has 1 aliphatic heterocycles. The SMILES string of the molecule is CC(=O)O[C@H](C[C@H](C(C)C)N(C)C(=O)[C@@H](NC(=O)[C@H]1CCCCN1C)C1CCC1)c1nc(C(=O)NC(Cc2ncc(C(F)(F)F)cn2)C[C@H](C)C(=O)O)cs1. The zero-order valence-corrected chi connectivity index (χ0v) is 32.9. The fourth-order valence-corrected chi connectivity index (χ4v) is 7.88. The first-order valence-corrected chi connectivity index (χ1v) is 19.5. The minimum atomic E-state index is -4.64. The molecule has 3 N–H and O–H groups in total. The number of aromatic nitrogens is 3. The van der Waals surface area contributed by atoms with Gasteiger partial charge in [-0.25, -0.2) is 15.0 Å². The quantitative estimate of drug-likeness (QED) is 0.190. The number of alkyl halides is 3. The molecule has 1 aliphatic carbocycles. The standard InChI is InChI=1S/C37H52F3N7O7S/c1-20(2)28(47(6)35(51)31(23-10-9-11-23)45-33(50)27-12-7-8-13-46(27)5)16-29(54-22(4)48)34-44-26(19-55-34)32(49)43-25(14-21(3)36(52)53)15-30-41-17-24(18-42-30)37(38,39)40/h17-21,23,25,27-29,31H,7-16H2,1-6H3,(H,43,49)(H,45,50)(H,52,53)/t21-,25?,27+,28+,29+,31-/m0/s1. The van der Waals surface area contributed by atoms with Crippen LogP contribution in [0.25, 0.3) is 0 Å². The number of likely N-dealkylation sites (N-methyl/N-ethyl adjacent to an activating group) is 2. The number of rotatable bonds is 17. The Morgan fingerprint density at radius 2 is 1.71 bits per heavy atom. The summed E-state index contributed by atoms with van der Waals surface area (Å²) in [5.41, 5.74) is -1.10. The molecule has 18 heteroatoms. The Morgan fingerprint density at radius 3 is 2.25 bits per heavy atom. The molecular weight excluding hydrogens is 744 g/mol. The topological polar surface area (TPSA) is 184 Å². The van der Waals surface area contributed by atoms with Crippen molar-refractivity contribution in [3.05, 3.63) is 39.9 Å². The van der Waals surface area contributed by atoms with Crippen molar-refractivity contribution < 1.29 is 47.0 Å². The van der Waals surface area contributed by atoms with Crippen LogP contribution in [0.1, 0.15) is 112 Å². The number of carboxylic acid groups (broad SMARTS) is 1. The van der Waals surface area contributed by atoms with Crippen LogP contribution < -0.4 is 10.6 Å². The molecule has 0 bridgehead atoms. The van der Waals surface area contributed by atoms with Crippen molar-refractivity contribution in [3.63, 3.8) is 0 Å². The number of carboxylic acids is 1. The number of hydrogen-bond donors (Lipinski definition) is 3. The van der Waals surface area contributed by atoms with E-state index in [1.165, 1.54) is 19.2 Å². The van der Waals surface area contributed by atoms with Crippen LogP contribution in [0.2, 0.25) is 0 Å². The predicted octanol–water partition coefficient (Wildman–Crippen LogP) is 4.65. The molecule has 304 valence electrons. The maximum Gasteiger partial charge on any atom is 0.419 e. The molecule has 2 fully saturated rings. The Hall–Kier alpha value is -4.19. The second-order valence-corrected chi connectivity index (χ2v) is 16.0. The van der Waals surface area contributed by atoms with E-state index in [9.17, 15) is 42.3 Å². The zero-order chi connectivity index (χ0) is 40.6. The molecule has 0 aromatic carbocycles. The van der Waals surface area contributed by atoms with Gasteiger partial charge < -0.3 is 25.4 Å². The van der Waals surface area contributed by atoms with Crippen LogP contribution in [0.5, 0.6) is 0 Å². The van der Waals surface area contributed by atoms with Crippen molar-refractivity contribution >= 4 is 41.0 Å². The first kappa shape index (κ1) is 43.5. The molecule has 3 heterocycles. The van der Waals surface area contributed by atoms with Crippen LogP contribution in [-0.4, -0.2) is 104 Å². The smallest absolute Gasteiger partial charge is 0.419 e. The monoisotopic (exact) mass is 795 g/mol. The maximum atomic E-state index is 14.2. The van der Waals surface area contributed by atoms with Crippen LogP contribution in [-0.2, 0) is 36.5 Å². The third-order valence-corrected chi connectivity index (χ3v) is 11.5. The first-order chi connectivity index (χ1) is 25.8. The van der Waals surface area contributed by atoms with Gasteiger partial charge in [-0.3, -0.25) is 28.9 Å². The second-order valence-electron chi connectivity index (χ2n) is 15.1. The summed E-state index contributed by atoms with van der Waals surface area (Å²) >= 11 is 1.06. The molecule has 2 aromatic heterocycles. The van der Waals surface area contributed by atoms with Gasteiger partial charge in [0.05, 0.1) is 17.5 Å². The van der Waals surface area contributed by atoms with Crippen LogP contribution >= 0.6 is 11.3 Å². The fourth-order valence-electron chi connectivity index (χ4n) is 7.04. The van der Waals surface area contributed by atoms with Gasteiger partial charge in [-0.15, -0.1) is 11.3 Å². The number of carbonyl (C=O) groups excluding carboxylic acids is 4. The average Bonchev–Trinajstić information content (AvgIpc) is 3.58. The van der Waals surface area contributed by atoms with Gasteiger partial charge in [0.25, 0.3) is 5.91 Å². The van der Waals surface area contributed by atoms with E-state index in [0.29, 0.717) is 12.4 Å². The van der Waals surface area contributed by atoms with E-state index >= 15 is 0 Å². The Morgan fingerprint density at radius 1 is 1.04 bits per heavy atom. The van der Waals surface area contributed by atoms with E-state index in [-0.39, 0.29) is 65.5 Å². The molecule has 2 aromatic rings. The van der Waals surface area contributed by atoms with Gasteiger partial charge in [0, 0.05) is 56.7 Å². The Labute approximate surface area is 323 Å². The molecule has 14 nitrogen and oxygen atoms in total. The summed E-state index contributed by atoms with van der Waals surface area (Å²) in [6.45, 7) is 7.37. The van der Waals surface area contributed by atoms with E-state index in [1.807, 2.05) is 25.8 Å². The number of likely N-dealkylation sites (tertiary alicyclic amines) is 1. The van der Waals surface area contributed by atoms with Crippen molar-refractivity contribution in [2.24, 2.45) is 17.8 Å². The molecular formula is C37H52F3N7O7S. The van der Waals surface area contributed by atoms with Crippen LogP contribution in [0.4, 0.5) is 13.2 Å².